The van der Waals surface area contributed by atoms with Gasteiger partial charge in [-0.15, -0.1) is 10.2 Å². The predicted octanol–water partition coefficient (Wildman–Crippen LogP) is 2.31. The Hall–Kier alpha value is -3.40. The average Bonchev–Trinajstić information content (AvgIpc) is 3.26. The van der Waals surface area contributed by atoms with Gasteiger partial charge < -0.3 is 0 Å². The number of carbonyl (C=O) groups is 1. The Kier molecular flexibility index (Phi) is 4.71. The van der Waals surface area contributed by atoms with Gasteiger partial charge in [-0.25, -0.2) is 9.36 Å². The number of aromatic nitrogens is 6. The fraction of sp³-hybridized carbons (Fsp3) is 0.263. The molecule has 0 radical (unpaired) electrons. The summed E-state index contributed by atoms with van der Waals surface area (Å²) in [7, 11) is 0. The van der Waals surface area contributed by atoms with Gasteiger partial charge in [-0.3, -0.25) is 14.9 Å². The summed E-state index contributed by atoms with van der Waals surface area (Å²) in [6.07, 6.45) is 1.63. The molecule has 3 heterocycles. The summed E-state index contributed by atoms with van der Waals surface area (Å²) in [6.45, 7) is 7.34. The van der Waals surface area contributed by atoms with Gasteiger partial charge in [0, 0.05) is 5.39 Å². The average molecular weight is 409 g/mol. The SMILES string of the molecule is Cc1ccc(-n2ncc3c(C)nn(CC(=O)Nc4nnc(C)s4)c(=O)c32)c(C)c1. The van der Waals surface area contributed by atoms with Crippen LogP contribution >= 0.6 is 11.3 Å². The van der Waals surface area contributed by atoms with Gasteiger partial charge in [-0.1, -0.05) is 29.0 Å². The number of nitrogens with zero attached hydrogens (tertiary/aromatic N) is 6. The molecular weight excluding hydrogens is 390 g/mol. The zero-order valence-corrected chi connectivity index (χ0v) is 17.2. The molecule has 0 spiro atoms. The Balaban J connectivity index is 1.75. The minimum absolute atomic E-state index is 0.230. The maximum absolute atomic E-state index is 13.1. The summed E-state index contributed by atoms with van der Waals surface area (Å²) in [5, 5.41) is 20.9. The molecule has 0 saturated heterocycles. The van der Waals surface area contributed by atoms with Gasteiger partial charge in [-0.2, -0.15) is 10.2 Å². The first-order chi connectivity index (χ1) is 13.8. The van der Waals surface area contributed by atoms with Crippen molar-refractivity contribution in [3.63, 3.8) is 0 Å². The van der Waals surface area contributed by atoms with Crippen LogP contribution in [-0.4, -0.2) is 35.7 Å². The molecule has 0 aliphatic carbocycles. The molecule has 9 nitrogen and oxygen atoms in total. The lowest BCUT2D eigenvalue weighted by molar-refractivity contribution is -0.117. The second-order valence-electron chi connectivity index (χ2n) is 6.83. The molecule has 0 aliphatic rings. The van der Waals surface area contributed by atoms with Crippen molar-refractivity contribution in [1.82, 2.24) is 29.8 Å². The first-order valence-corrected chi connectivity index (χ1v) is 9.78. The Bertz CT molecular complexity index is 1300. The Morgan fingerprint density at radius 1 is 1.17 bits per heavy atom. The number of carbonyl (C=O) groups excluding carboxylic acids is 1. The van der Waals surface area contributed by atoms with Gasteiger partial charge in [0.2, 0.25) is 11.0 Å². The zero-order chi connectivity index (χ0) is 20.7. The van der Waals surface area contributed by atoms with Gasteiger partial charge >= 0.3 is 0 Å². The highest BCUT2D eigenvalue weighted by molar-refractivity contribution is 7.15. The molecule has 29 heavy (non-hydrogen) atoms. The lowest BCUT2D eigenvalue weighted by Crippen LogP contribution is -2.31. The number of aryl methyl sites for hydroxylation is 4. The number of benzene rings is 1. The Morgan fingerprint density at radius 3 is 2.66 bits per heavy atom. The van der Waals surface area contributed by atoms with Gasteiger partial charge in [-0.05, 0) is 39.3 Å². The summed E-state index contributed by atoms with van der Waals surface area (Å²) in [4.78, 5) is 25.5. The third kappa shape index (κ3) is 3.54. The Morgan fingerprint density at radius 2 is 1.97 bits per heavy atom. The van der Waals surface area contributed by atoms with E-state index in [1.54, 1.807) is 24.7 Å². The number of amides is 1. The van der Waals surface area contributed by atoms with Crippen molar-refractivity contribution < 1.29 is 4.79 Å². The largest absolute Gasteiger partial charge is 0.299 e. The molecule has 4 aromatic rings. The number of fused-ring (bicyclic) bond motifs is 1. The fourth-order valence-corrected chi connectivity index (χ4v) is 3.80. The monoisotopic (exact) mass is 409 g/mol. The van der Waals surface area contributed by atoms with Crippen molar-refractivity contribution in [2.45, 2.75) is 34.2 Å². The van der Waals surface area contributed by atoms with Crippen LogP contribution in [0.4, 0.5) is 5.13 Å². The lowest BCUT2D eigenvalue weighted by Gasteiger charge is -2.10. The number of hydrogen-bond donors (Lipinski definition) is 1. The molecule has 0 fully saturated rings. The van der Waals surface area contributed by atoms with E-state index < -0.39 is 5.91 Å². The number of hydrogen-bond acceptors (Lipinski definition) is 7. The topological polar surface area (TPSA) is 108 Å². The third-order valence-electron chi connectivity index (χ3n) is 4.51. The van der Waals surface area contributed by atoms with Crippen LogP contribution in [-0.2, 0) is 11.3 Å². The summed E-state index contributed by atoms with van der Waals surface area (Å²) in [6, 6.07) is 5.94. The van der Waals surface area contributed by atoms with E-state index in [0.717, 1.165) is 26.5 Å². The molecule has 10 heteroatoms. The molecule has 148 valence electrons. The van der Waals surface area contributed by atoms with Crippen LogP contribution in [0.25, 0.3) is 16.6 Å². The van der Waals surface area contributed by atoms with E-state index in [1.807, 2.05) is 32.0 Å². The van der Waals surface area contributed by atoms with Crippen LogP contribution in [0.15, 0.2) is 29.2 Å². The molecule has 1 aromatic carbocycles. The summed E-state index contributed by atoms with van der Waals surface area (Å²) < 4.78 is 2.77. The van der Waals surface area contributed by atoms with Gasteiger partial charge in [0.25, 0.3) is 5.56 Å². The van der Waals surface area contributed by atoms with E-state index in [1.165, 1.54) is 11.3 Å². The van der Waals surface area contributed by atoms with Crippen LogP contribution in [0.2, 0.25) is 0 Å². The smallest absolute Gasteiger partial charge is 0.293 e. The van der Waals surface area contributed by atoms with Crippen LogP contribution < -0.4 is 10.9 Å². The third-order valence-corrected chi connectivity index (χ3v) is 5.27. The van der Waals surface area contributed by atoms with Crippen LogP contribution in [0.1, 0.15) is 21.8 Å². The first-order valence-electron chi connectivity index (χ1n) is 8.96. The van der Waals surface area contributed by atoms with Crippen molar-refractivity contribution in [1.29, 1.82) is 0 Å². The maximum Gasteiger partial charge on any atom is 0.293 e. The minimum atomic E-state index is -0.396. The van der Waals surface area contributed by atoms with E-state index in [9.17, 15) is 9.59 Å². The number of anilines is 1. The fourth-order valence-electron chi connectivity index (χ4n) is 3.20. The van der Waals surface area contributed by atoms with E-state index in [0.29, 0.717) is 21.7 Å². The lowest BCUT2D eigenvalue weighted by atomic mass is 10.1. The minimum Gasteiger partial charge on any atom is -0.299 e. The highest BCUT2D eigenvalue weighted by atomic mass is 32.1. The van der Waals surface area contributed by atoms with Crippen molar-refractivity contribution in [2.75, 3.05) is 5.32 Å². The highest BCUT2D eigenvalue weighted by Crippen LogP contribution is 2.21. The second-order valence-corrected chi connectivity index (χ2v) is 8.01. The highest BCUT2D eigenvalue weighted by Gasteiger charge is 2.18. The molecule has 0 saturated carbocycles. The van der Waals surface area contributed by atoms with Gasteiger partial charge in [0.05, 0.1) is 17.6 Å². The predicted molar refractivity (Wildman–Crippen MR) is 111 cm³/mol. The molecule has 0 bridgehead atoms. The van der Waals surface area contributed by atoms with Gasteiger partial charge in [0.15, 0.2) is 0 Å². The standard InChI is InChI=1S/C19H19N7O2S/c1-10-5-6-15(11(2)7-10)26-17-14(8-20-26)12(3)24-25(18(17)28)9-16(27)21-19-23-22-13(4)29-19/h5-8H,9H2,1-4H3,(H,21,23,27). The normalized spacial score (nSPS) is 11.2. The molecule has 0 aliphatic heterocycles. The molecule has 0 atom stereocenters. The van der Waals surface area contributed by atoms with Crippen molar-refractivity contribution in [2.24, 2.45) is 0 Å². The summed E-state index contributed by atoms with van der Waals surface area (Å²) in [5.74, 6) is -0.396. The first kappa shape index (κ1) is 18.9. The summed E-state index contributed by atoms with van der Waals surface area (Å²) in [5.41, 5.74) is 3.57. The molecule has 0 unspecified atom stereocenters. The van der Waals surface area contributed by atoms with Crippen LogP contribution in [0, 0.1) is 27.7 Å². The second kappa shape index (κ2) is 7.21. The van der Waals surface area contributed by atoms with Crippen molar-refractivity contribution in [3.05, 3.63) is 56.6 Å². The van der Waals surface area contributed by atoms with E-state index in [-0.39, 0.29) is 12.1 Å². The van der Waals surface area contributed by atoms with E-state index in [2.05, 4.69) is 25.7 Å². The quantitative estimate of drug-likeness (QED) is 0.554. The number of nitrogens with one attached hydrogen (secondary N) is 1. The molecule has 1 amide bonds. The molecule has 4 rings (SSSR count). The molecule has 1 N–H and O–H groups in total. The number of rotatable bonds is 4. The maximum atomic E-state index is 13.1. The van der Waals surface area contributed by atoms with Crippen molar-refractivity contribution >= 4 is 33.3 Å². The Labute approximate surface area is 170 Å². The van der Waals surface area contributed by atoms with Crippen molar-refractivity contribution in [3.8, 4) is 5.69 Å². The van der Waals surface area contributed by atoms with Gasteiger partial charge in [0.1, 0.15) is 17.1 Å². The zero-order valence-electron chi connectivity index (χ0n) is 16.4. The van der Waals surface area contributed by atoms with Crippen LogP contribution in [0.3, 0.4) is 0 Å². The van der Waals surface area contributed by atoms with E-state index >= 15 is 0 Å². The van der Waals surface area contributed by atoms with E-state index in [4.69, 9.17) is 0 Å². The molecule has 3 aromatic heterocycles. The molecular formula is C19H19N7O2S. The van der Waals surface area contributed by atoms with Crippen LogP contribution in [0.5, 0.6) is 0 Å². The summed E-state index contributed by atoms with van der Waals surface area (Å²) >= 11 is 1.26.